The smallest absolute Gasteiger partial charge is 0.143 e. The molecule has 2 N–H and O–H groups in total. The highest BCUT2D eigenvalue weighted by atomic mass is 16.5. The van der Waals surface area contributed by atoms with Crippen LogP contribution >= 0.6 is 0 Å². The average molecular weight is 152 g/mol. The van der Waals surface area contributed by atoms with E-state index in [1.807, 2.05) is 24.3 Å². The fourth-order valence-electron chi connectivity index (χ4n) is 0.921. The number of hydrogen-bond acceptors (Lipinski definition) is 3. The van der Waals surface area contributed by atoms with Crippen LogP contribution in [0.4, 0.5) is 5.69 Å². The van der Waals surface area contributed by atoms with Crippen LogP contribution in [0.2, 0.25) is 0 Å². The Morgan fingerprint density at radius 3 is 2.45 bits per heavy atom. The summed E-state index contributed by atoms with van der Waals surface area (Å²) < 4.78 is 5.08. The Balaban J connectivity index is 3.02. The molecule has 11 heavy (non-hydrogen) atoms. The normalized spacial score (nSPS) is 9.36. The predicted molar refractivity (Wildman–Crippen MR) is 45.6 cm³/mol. The van der Waals surface area contributed by atoms with Crippen molar-refractivity contribution in [2.45, 2.75) is 0 Å². The van der Waals surface area contributed by atoms with Gasteiger partial charge in [0, 0.05) is 7.05 Å². The first-order chi connectivity index (χ1) is 5.25. The van der Waals surface area contributed by atoms with Crippen molar-refractivity contribution in [3.63, 3.8) is 0 Å². The molecule has 0 saturated carbocycles. The number of methoxy groups -OCH3 is 1. The van der Waals surface area contributed by atoms with Gasteiger partial charge in [-0.1, -0.05) is 12.1 Å². The zero-order valence-corrected chi connectivity index (χ0v) is 6.74. The van der Waals surface area contributed by atoms with Crippen LogP contribution in [0, 0.1) is 0 Å². The fraction of sp³-hybridized carbons (Fsp3) is 0.250. The van der Waals surface area contributed by atoms with Crippen molar-refractivity contribution in [1.29, 1.82) is 0 Å². The Morgan fingerprint density at radius 2 is 2.00 bits per heavy atom. The number of benzene rings is 1. The maximum atomic E-state index is 5.54. The maximum Gasteiger partial charge on any atom is 0.143 e. The first-order valence-electron chi connectivity index (χ1n) is 3.37. The van der Waals surface area contributed by atoms with Crippen LogP contribution < -0.4 is 15.6 Å². The lowest BCUT2D eigenvalue weighted by Gasteiger charge is -2.14. The van der Waals surface area contributed by atoms with E-state index >= 15 is 0 Å². The van der Waals surface area contributed by atoms with Gasteiger partial charge >= 0.3 is 0 Å². The van der Waals surface area contributed by atoms with Gasteiger partial charge in [0.15, 0.2) is 0 Å². The summed E-state index contributed by atoms with van der Waals surface area (Å²) >= 11 is 0. The van der Waals surface area contributed by atoms with Crippen LogP contribution in [-0.4, -0.2) is 14.2 Å². The van der Waals surface area contributed by atoms with Crippen LogP contribution in [0.1, 0.15) is 0 Å². The van der Waals surface area contributed by atoms with E-state index in [4.69, 9.17) is 10.6 Å². The number of hydrazine groups is 1. The first-order valence-corrected chi connectivity index (χ1v) is 3.37. The van der Waals surface area contributed by atoms with E-state index in [0.29, 0.717) is 0 Å². The molecule has 0 radical (unpaired) electrons. The van der Waals surface area contributed by atoms with Gasteiger partial charge in [0.2, 0.25) is 0 Å². The van der Waals surface area contributed by atoms with E-state index in [1.54, 1.807) is 14.2 Å². The third-order valence-electron chi connectivity index (χ3n) is 1.47. The summed E-state index contributed by atoms with van der Waals surface area (Å²) in [5.41, 5.74) is 0.884. The molecule has 0 aliphatic carbocycles. The quantitative estimate of drug-likeness (QED) is 0.507. The second-order valence-corrected chi connectivity index (χ2v) is 2.28. The number of ether oxygens (including phenoxy) is 1. The molecule has 0 amide bonds. The van der Waals surface area contributed by atoms with Gasteiger partial charge in [0.05, 0.1) is 12.8 Å². The summed E-state index contributed by atoms with van der Waals surface area (Å²) in [6, 6.07) is 7.60. The molecule has 0 heterocycles. The van der Waals surface area contributed by atoms with Crippen LogP contribution in [0.3, 0.4) is 0 Å². The van der Waals surface area contributed by atoms with Crippen molar-refractivity contribution >= 4 is 5.69 Å². The molecule has 3 heteroatoms. The number of nitrogens with zero attached hydrogens (tertiary/aromatic N) is 1. The Bertz CT molecular complexity index is 235. The van der Waals surface area contributed by atoms with Gasteiger partial charge in [-0.25, -0.2) is 5.84 Å². The zero-order valence-electron chi connectivity index (χ0n) is 6.74. The Labute approximate surface area is 66.3 Å². The van der Waals surface area contributed by atoms with Crippen molar-refractivity contribution in [3.05, 3.63) is 24.3 Å². The van der Waals surface area contributed by atoms with Crippen LogP contribution in [0.5, 0.6) is 5.75 Å². The molecule has 1 aromatic carbocycles. The standard InChI is InChI=1S/C8H12N2O/c1-10(9)7-5-3-4-6-8(7)11-2/h3-6H,9H2,1-2H3. The second kappa shape index (κ2) is 3.25. The monoisotopic (exact) mass is 152 g/mol. The van der Waals surface area contributed by atoms with Crippen LogP contribution in [-0.2, 0) is 0 Å². The minimum Gasteiger partial charge on any atom is -0.495 e. The molecular formula is C8H12N2O. The third kappa shape index (κ3) is 1.62. The summed E-state index contributed by atoms with van der Waals surface area (Å²) in [7, 11) is 3.40. The zero-order chi connectivity index (χ0) is 8.27. The average Bonchev–Trinajstić information content (AvgIpc) is 2.04. The fourth-order valence-corrected chi connectivity index (χ4v) is 0.921. The molecule has 0 aliphatic rings. The lowest BCUT2D eigenvalue weighted by atomic mass is 10.3. The molecule has 3 nitrogen and oxygen atoms in total. The van der Waals surface area contributed by atoms with Crippen molar-refractivity contribution in [3.8, 4) is 5.75 Å². The number of anilines is 1. The summed E-state index contributed by atoms with van der Waals surface area (Å²) in [6.45, 7) is 0. The van der Waals surface area contributed by atoms with Gasteiger partial charge in [0.1, 0.15) is 5.75 Å². The molecule has 0 unspecified atom stereocenters. The highest BCUT2D eigenvalue weighted by Crippen LogP contribution is 2.24. The predicted octanol–water partition coefficient (Wildman–Crippen LogP) is 1.01. The van der Waals surface area contributed by atoms with E-state index in [9.17, 15) is 0 Å². The van der Waals surface area contributed by atoms with Gasteiger partial charge < -0.3 is 9.75 Å². The molecule has 0 saturated heterocycles. The highest BCUT2D eigenvalue weighted by Gasteiger charge is 2.01. The van der Waals surface area contributed by atoms with E-state index in [2.05, 4.69) is 0 Å². The number of para-hydroxylation sites is 2. The Kier molecular flexibility index (Phi) is 2.33. The Morgan fingerprint density at radius 1 is 1.36 bits per heavy atom. The molecule has 60 valence electrons. The minimum atomic E-state index is 0.789. The van der Waals surface area contributed by atoms with Gasteiger partial charge in [-0.05, 0) is 12.1 Å². The lowest BCUT2D eigenvalue weighted by Crippen LogP contribution is -2.25. The summed E-state index contributed by atoms with van der Waals surface area (Å²) in [5.74, 6) is 6.33. The molecule has 1 rings (SSSR count). The van der Waals surface area contributed by atoms with Crippen molar-refractivity contribution in [2.24, 2.45) is 5.84 Å². The van der Waals surface area contributed by atoms with Crippen molar-refractivity contribution in [1.82, 2.24) is 0 Å². The third-order valence-corrected chi connectivity index (χ3v) is 1.47. The molecule has 0 spiro atoms. The van der Waals surface area contributed by atoms with Gasteiger partial charge in [-0.2, -0.15) is 0 Å². The molecule has 1 aromatic rings. The number of rotatable bonds is 2. The minimum absolute atomic E-state index is 0.789. The van der Waals surface area contributed by atoms with Crippen LogP contribution in [0.25, 0.3) is 0 Å². The highest BCUT2D eigenvalue weighted by molar-refractivity contribution is 5.56. The topological polar surface area (TPSA) is 38.5 Å². The molecule has 0 atom stereocenters. The Hall–Kier alpha value is -1.22. The van der Waals surface area contributed by atoms with E-state index in [-0.39, 0.29) is 0 Å². The van der Waals surface area contributed by atoms with Crippen molar-refractivity contribution < 1.29 is 4.74 Å². The van der Waals surface area contributed by atoms with Gasteiger partial charge in [-0.15, -0.1) is 0 Å². The van der Waals surface area contributed by atoms with E-state index in [0.717, 1.165) is 11.4 Å². The first kappa shape index (κ1) is 7.88. The van der Waals surface area contributed by atoms with Gasteiger partial charge in [-0.3, -0.25) is 0 Å². The van der Waals surface area contributed by atoms with Crippen molar-refractivity contribution in [2.75, 3.05) is 19.2 Å². The molecule has 0 aromatic heterocycles. The molecular weight excluding hydrogens is 140 g/mol. The second-order valence-electron chi connectivity index (χ2n) is 2.28. The summed E-state index contributed by atoms with van der Waals surface area (Å²) in [6.07, 6.45) is 0. The lowest BCUT2D eigenvalue weighted by molar-refractivity contribution is 0.415. The van der Waals surface area contributed by atoms with Crippen LogP contribution in [0.15, 0.2) is 24.3 Å². The number of nitrogens with two attached hydrogens (primary N) is 1. The molecule has 0 fully saturated rings. The molecule has 0 bridgehead atoms. The number of hydrogen-bond donors (Lipinski definition) is 1. The largest absolute Gasteiger partial charge is 0.495 e. The summed E-state index contributed by atoms with van der Waals surface area (Å²) in [5, 5.41) is 1.53. The molecule has 0 aliphatic heterocycles. The van der Waals surface area contributed by atoms with E-state index in [1.165, 1.54) is 5.01 Å². The van der Waals surface area contributed by atoms with Gasteiger partial charge in [0.25, 0.3) is 0 Å². The SMILES string of the molecule is COc1ccccc1N(C)N. The maximum absolute atomic E-state index is 5.54. The summed E-state index contributed by atoms with van der Waals surface area (Å²) in [4.78, 5) is 0. The van der Waals surface area contributed by atoms with E-state index < -0.39 is 0 Å².